The van der Waals surface area contributed by atoms with E-state index >= 15 is 0 Å². The molecule has 1 aliphatic rings. The molecule has 0 radical (unpaired) electrons. The number of nitrogens with zero attached hydrogens (tertiary/aromatic N) is 9. The van der Waals surface area contributed by atoms with Gasteiger partial charge in [-0.05, 0) is 61.6 Å². The molecule has 1 fully saturated rings. The molecule has 5 heterocycles. The Morgan fingerprint density at radius 1 is 1.16 bits per heavy atom. The van der Waals surface area contributed by atoms with Gasteiger partial charge in [0.05, 0.1) is 34.4 Å². The maximum absolute atomic E-state index is 13.7. The second kappa shape index (κ2) is 8.26. The maximum atomic E-state index is 13.7. The third-order valence-electron chi connectivity index (χ3n) is 7.29. The Kier molecular flexibility index (Phi) is 4.93. The molecule has 0 N–H and O–H groups in total. The summed E-state index contributed by atoms with van der Waals surface area (Å²) in [6.45, 7) is 2.76. The number of nitriles is 1. The summed E-state index contributed by atoms with van der Waals surface area (Å²) < 4.78 is 7.12. The standard InChI is InChI=1S/C27H22ClN9O/c1-15-31-32-25-23-24(22-9-17(11-29)12-34(22)2)36(14-18-7-8-30-21-6-5-19(28)10-20(18)21)33-26(23)35(13-16-3-4-16)27(38)37(15)25/h5-10,12,16H,3-4,13-14H2,1-2H3. The van der Waals surface area contributed by atoms with Gasteiger partial charge in [-0.3, -0.25) is 14.2 Å². The number of aryl methyl sites for hydroxylation is 2. The summed E-state index contributed by atoms with van der Waals surface area (Å²) in [7, 11) is 1.90. The van der Waals surface area contributed by atoms with Crippen LogP contribution >= 0.6 is 11.6 Å². The molecule has 11 heteroatoms. The molecule has 38 heavy (non-hydrogen) atoms. The van der Waals surface area contributed by atoms with E-state index < -0.39 is 0 Å². The van der Waals surface area contributed by atoms with Crippen molar-refractivity contribution in [3.63, 3.8) is 0 Å². The van der Waals surface area contributed by atoms with E-state index in [2.05, 4.69) is 21.3 Å². The van der Waals surface area contributed by atoms with E-state index in [1.807, 2.05) is 46.6 Å². The zero-order chi connectivity index (χ0) is 26.1. The highest BCUT2D eigenvalue weighted by Gasteiger charge is 2.29. The summed E-state index contributed by atoms with van der Waals surface area (Å²) in [5.74, 6) is 0.972. The molecule has 5 aromatic heterocycles. The van der Waals surface area contributed by atoms with Gasteiger partial charge in [0.1, 0.15) is 11.9 Å². The predicted molar refractivity (Wildman–Crippen MR) is 143 cm³/mol. The first-order valence-electron chi connectivity index (χ1n) is 12.4. The Labute approximate surface area is 221 Å². The lowest BCUT2D eigenvalue weighted by Crippen LogP contribution is -2.28. The fraction of sp³-hybridized carbons (Fsp3) is 0.259. The molecule has 0 spiro atoms. The van der Waals surface area contributed by atoms with Gasteiger partial charge in [-0.15, -0.1) is 10.2 Å². The quantitative estimate of drug-likeness (QED) is 0.336. The van der Waals surface area contributed by atoms with Crippen molar-refractivity contribution in [1.82, 2.24) is 38.5 Å². The number of rotatable bonds is 5. The highest BCUT2D eigenvalue weighted by Crippen LogP contribution is 2.35. The van der Waals surface area contributed by atoms with Crippen LogP contribution in [0.1, 0.15) is 29.8 Å². The van der Waals surface area contributed by atoms with Gasteiger partial charge in [-0.2, -0.15) is 10.4 Å². The van der Waals surface area contributed by atoms with E-state index in [0.717, 1.165) is 46.1 Å². The zero-order valence-corrected chi connectivity index (χ0v) is 21.5. The van der Waals surface area contributed by atoms with Gasteiger partial charge in [0.15, 0.2) is 11.3 Å². The predicted octanol–water partition coefficient (Wildman–Crippen LogP) is 4.09. The molecular formula is C27H22ClN9O. The lowest BCUT2D eigenvalue weighted by molar-refractivity contribution is 0.593. The molecule has 0 amide bonds. The van der Waals surface area contributed by atoms with Gasteiger partial charge >= 0.3 is 5.69 Å². The summed E-state index contributed by atoms with van der Waals surface area (Å²) in [6, 6.07) is 11.6. The first-order valence-corrected chi connectivity index (χ1v) is 12.8. The van der Waals surface area contributed by atoms with Crippen LogP contribution in [0.15, 0.2) is 47.5 Å². The number of hydrogen-bond acceptors (Lipinski definition) is 6. The topological polar surface area (TPSA) is 112 Å². The summed E-state index contributed by atoms with van der Waals surface area (Å²) >= 11 is 6.34. The van der Waals surface area contributed by atoms with Crippen LogP contribution in [0.25, 0.3) is 39.0 Å². The van der Waals surface area contributed by atoms with Crippen LogP contribution in [0, 0.1) is 24.2 Å². The molecule has 1 saturated carbocycles. The lowest BCUT2D eigenvalue weighted by atomic mass is 10.1. The molecule has 10 nitrogen and oxygen atoms in total. The molecule has 0 bridgehead atoms. The second-order valence-electron chi connectivity index (χ2n) is 9.92. The number of pyridine rings is 1. The highest BCUT2D eigenvalue weighted by atomic mass is 35.5. The summed E-state index contributed by atoms with van der Waals surface area (Å²) in [5.41, 5.74) is 4.72. The van der Waals surface area contributed by atoms with Crippen LogP contribution in [-0.2, 0) is 20.1 Å². The molecule has 0 atom stereocenters. The van der Waals surface area contributed by atoms with Crippen molar-refractivity contribution in [1.29, 1.82) is 5.26 Å². The zero-order valence-electron chi connectivity index (χ0n) is 20.8. The number of halogens is 1. The molecule has 188 valence electrons. The van der Waals surface area contributed by atoms with Gasteiger partial charge < -0.3 is 4.57 Å². The number of benzene rings is 1. The molecule has 1 aromatic carbocycles. The SMILES string of the molecule is Cc1nnc2c3c(-c4cc(C#N)cn4C)n(Cc4ccnc5ccc(Cl)cc45)nc3n(CC3CC3)c(=O)n12. The smallest absolute Gasteiger partial charge is 0.337 e. The van der Waals surface area contributed by atoms with Crippen LogP contribution < -0.4 is 5.69 Å². The van der Waals surface area contributed by atoms with Gasteiger partial charge in [-0.1, -0.05) is 11.6 Å². The van der Waals surface area contributed by atoms with E-state index in [1.54, 1.807) is 28.3 Å². The molecule has 0 unspecified atom stereocenters. The van der Waals surface area contributed by atoms with E-state index in [-0.39, 0.29) is 5.69 Å². The van der Waals surface area contributed by atoms with Crippen molar-refractivity contribution < 1.29 is 0 Å². The number of aromatic nitrogens is 8. The molecule has 0 saturated heterocycles. The average molecular weight is 524 g/mol. The van der Waals surface area contributed by atoms with E-state index in [4.69, 9.17) is 16.7 Å². The fourth-order valence-corrected chi connectivity index (χ4v) is 5.41. The van der Waals surface area contributed by atoms with Crippen molar-refractivity contribution in [2.75, 3.05) is 0 Å². The Balaban J connectivity index is 1.58. The molecular weight excluding hydrogens is 502 g/mol. The Morgan fingerprint density at radius 2 is 2.00 bits per heavy atom. The van der Waals surface area contributed by atoms with Crippen LogP contribution in [0.4, 0.5) is 0 Å². The van der Waals surface area contributed by atoms with Crippen LogP contribution in [0.3, 0.4) is 0 Å². The first kappa shape index (κ1) is 22.7. The van der Waals surface area contributed by atoms with E-state index in [1.165, 1.54) is 0 Å². The van der Waals surface area contributed by atoms with Crippen LogP contribution in [-0.4, -0.2) is 38.5 Å². The highest BCUT2D eigenvalue weighted by molar-refractivity contribution is 6.31. The van der Waals surface area contributed by atoms with Crippen LogP contribution in [0.2, 0.25) is 5.02 Å². The van der Waals surface area contributed by atoms with Crippen molar-refractivity contribution in [2.45, 2.75) is 32.9 Å². The average Bonchev–Trinajstić information content (AvgIpc) is 3.37. The number of hydrogen-bond donors (Lipinski definition) is 0. The van der Waals surface area contributed by atoms with Crippen molar-refractivity contribution >= 4 is 39.2 Å². The van der Waals surface area contributed by atoms with Crippen LogP contribution in [0.5, 0.6) is 0 Å². The Hall–Kier alpha value is -4.49. The largest absolute Gasteiger partial charge is 0.348 e. The molecule has 6 aromatic rings. The summed E-state index contributed by atoms with van der Waals surface area (Å²) in [4.78, 5) is 18.1. The Bertz CT molecular complexity index is 2020. The van der Waals surface area contributed by atoms with Crippen molar-refractivity contribution in [3.8, 4) is 17.5 Å². The molecule has 7 rings (SSSR count). The summed E-state index contributed by atoms with van der Waals surface area (Å²) in [5, 5.41) is 25.6. The van der Waals surface area contributed by atoms with E-state index in [0.29, 0.717) is 46.7 Å². The monoisotopic (exact) mass is 523 g/mol. The Morgan fingerprint density at radius 3 is 2.76 bits per heavy atom. The second-order valence-corrected chi connectivity index (χ2v) is 10.4. The first-order chi connectivity index (χ1) is 18.4. The maximum Gasteiger partial charge on any atom is 0.337 e. The minimum atomic E-state index is -0.191. The van der Waals surface area contributed by atoms with Crippen molar-refractivity contribution in [2.24, 2.45) is 13.0 Å². The third-order valence-corrected chi connectivity index (χ3v) is 7.52. The van der Waals surface area contributed by atoms with E-state index in [9.17, 15) is 10.1 Å². The van der Waals surface area contributed by atoms with Gasteiger partial charge in [-0.25, -0.2) is 9.20 Å². The van der Waals surface area contributed by atoms with Crippen molar-refractivity contribution in [3.05, 3.63) is 75.2 Å². The summed E-state index contributed by atoms with van der Waals surface area (Å²) in [6.07, 6.45) is 5.74. The molecule has 0 aliphatic heterocycles. The van der Waals surface area contributed by atoms with Gasteiger partial charge in [0.25, 0.3) is 0 Å². The lowest BCUT2D eigenvalue weighted by Gasteiger charge is -2.11. The molecule has 1 aliphatic carbocycles. The minimum Gasteiger partial charge on any atom is -0.348 e. The fourth-order valence-electron chi connectivity index (χ4n) is 5.24. The minimum absolute atomic E-state index is 0.191. The normalized spacial score (nSPS) is 13.6. The van der Waals surface area contributed by atoms with Gasteiger partial charge in [0, 0.05) is 36.4 Å². The van der Waals surface area contributed by atoms with Gasteiger partial charge in [0.2, 0.25) is 0 Å². The third kappa shape index (κ3) is 3.43. The number of fused-ring (bicyclic) bond motifs is 4.